The fraction of sp³-hybridized carbons (Fsp3) is 0.333. The van der Waals surface area contributed by atoms with Gasteiger partial charge in [0, 0.05) is 17.7 Å². The summed E-state index contributed by atoms with van der Waals surface area (Å²) in [5, 5.41) is 10.7. The van der Waals surface area contributed by atoms with Crippen LogP contribution in [0.1, 0.15) is 5.56 Å². The molecule has 0 bridgehead atoms. The van der Waals surface area contributed by atoms with E-state index in [1.54, 1.807) is 0 Å². The van der Waals surface area contributed by atoms with Gasteiger partial charge in [-0.3, -0.25) is 10.1 Å². The highest BCUT2D eigenvalue weighted by Gasteiger charge is 2.32. The van der Waals surface area contributed by atoms with Crippen molar-refractivity contribution < 1.29 is 18.1 Å². The smallest absolute Gasteiger partial charge is 0.258 e. The van der Waals surface area contributed by atoms with Gasteiger partial charge in [-0.25, -0.2) is 0 Å². The molecule has 0 aromatic heterocycles. The zero-order chi connectivity index (χ0) is 13.1. The Morgan fingerprint density at radius 1 is 1.41 bits per heavy atom. The molecule has 0 heterocycles. The lowest BCUT2D eigenvalue weighted by atomic mass is 10.2. The predicted octanol–water partition coefficient (Wildman–Crippen LogP) is 3.94. The van der Waals surface area contributed by atoms with Gasteiger partial charge in [0.2, 0.25) is 0 Å². The molecule has 1 aromatic carbocycles. The van der Waals surface area contributed by atoms with Crippen molar-refractivity contribution in [3.63, 3.8) is 0 Å². The molecular weight excluding hydrogens is 279 g/mol. The van der Waals surface area contributed by atoms with Gasteiger partial charge in [-0.05, 0) is 12.1 Å². The number of rotatable bonds is 4. The Kier molecular flexibility index (Phi) is 4.64. The molecule has 0 spiro atoms. The number of hydrogen-bond acceptors (Lipinski definition) is 3. The number of nitro benzene ring substituents is 1. The van der Waals surface area contributed by atoms with Crippen LogP contribution in [-0.4, -0.2) is 16.6 Å². The van der Waals surface area contributed by atoms with E-state index in [9.17, 15) is 23.3 Å². The number of nitrogens with zero attached hydrogens (tertiary/aromatic N) is 1. The van der Waals surface area contributed by atoms with E-state index < -0.39 is 22.4 Å². The van der Waals surface area contributed by atoms with E-state index in [0.29, 0.717) is 11.8 Å². The summed E-state index contributed by atoms with van der Waals surface area (Å²) < 4.78 is 37.1. The normalized spacial score (nSPS) is 11.5. The first-order chi connectivity index (χ1) is 7.86. The van der Waals surface area contributed by atoms with Crippen molar-refractivity contribution in [1.29, 1.82) is 0 Å². The lowest BCUT2D eigenvalue weighted by Crippen LogP contribution is -2.06. The summed E-state index contributed by atoms with van der Waals surface area (Å²) in [5.41, 5.74) is -1.57. The maximum absolute atomic E-state index is 12.4. The van der Waals surface area contributed by atoms with Crippen LogP contribution in [0.5, 0.6) is 0 Å². The molecule has 0 aliphatic rings. The lowest BCUT2D eigenvalue weighted by molar-refractivity contribution is -0.388. The van der Waals surface area contributed by atoms with Crippen LogP contribution in [0.15, 0.2) is 23.1 Å². The van der Waals surface area contributed by atoms with Gasteiger partial charge in [0.05, 0.1) is 15.4 Å². The molecule has 1 rings (SSSR count). The second-order valence-corrected chi connectivity index (χ2v) is 4.49. The average molecular weight is 286 g/mol. The number of benzene rings is 1. The van der Waals surface area contributed by atoms with Crippen molar-refractivity contribution in [2.24, 2.45) is 0 Å². The van der Waals surface area contributed by atoms with Crippen LogP contribution in [0.4, 0.5) is 18.9 Å². The van der Waals surface area contributed by atoms with Crippen LogP contribution in [-0.2, 0) is 6.18 Å². The van der Waals surface area contributed by atoms with E-state index in [0.717, 1.165) is 23.9 Å². The van der Waals surface area contributed by atoms with E-state index in [2.05, 4.69) is 0 Å². The van der Waals surface area contributed by atoms with Gasteiger partial charge in [-0.15, -0.1) is 23.4 Å². The Labute approximate surface area is 104 Å². The van der Waals surface area contributed by atoms with Crippen LogP contribution in [0, 0.1) is 10.1 Å². The van der Waals surface area contributed by atoms with Gasteiger partial charge >= 0.3 is 6.18 Å². The first-order valence-electron chi connectivity index (χ1n) is 4.40. The Balaban J connectivity index is 3.13. The summed E-state index contributed by atoms with van der Waals surface area (Å²) in [6.45, 7) is 0. The van der Waals surface area contributed by atoms with Crippen molar-refractivity contribution >= 4 is 29.1 Å². The second kappa shape index (κ2) is 5.59. The third-order valence-corrected chi connectivity index (χ3v) is 3.30. The summed E-state index contributed by atoms with van der Waals surface area (Å²) in [5.74, 6) is 0.663. The van der Waals surface area contributed by atoms with Crippen molar-refractivity contribution in [2.45, 2.75) is 11.1 Å². The first-order valence-corrected chi connectivity index (χ1v) is 5.92. The molecule has 0 atom stereocenters. The molecule has 0 saturated carbocycles. The number of thioether (sulfide) groups is 1. The highest BCUT2D eigenvalue weighted by molar-refractivity contribution is 7.99. The fourth-order valence-corrected chi connectivity index (χ4v) is 2.08. The van der Waals surface area contributed by atoms with Crippen LogP contribution in [0.3, 0.4) is 0 Å². The fourth-order valence-electron chi connectivity index (χ4n) is 1.11. The highest BCUT2D eigenvalue weighted by atomic mass is 35.5. The Morgan fingerprint density at radius 3 is 2.53 bits per heavy atom. The Morgan fingerprint density at radius 2 is 2.06 bits per heavy atom. The van der Waals surface area contributed by atoms with Crippen LogP contribution < -0.4 is 0 Å². The quantitative estimate of drug-likeness (QED) is 0.364. The lowest BCUT2D eigenvalue weighted by Gasteiger charge is -2.08. The predicted molar refractivity (Wildman–Crippen MR) is 59.5 cm³/mol. The standard InChI is InChI=1S/C9H7ClF3NO2S/c10-3-4-17-8-2-1-6(9(11,12)13)5-7(8)14(15)16/h1-2,5H,3-4H2. The zero-order valence-corrected chi connectivity index (χ0v) is 9.90. The average Bonchev–Trinajstić information content (AvgIpc) is 2.24. The summed E-state index contributed by atoms with van der Waals surface area (Å²) in [7, 11) is 0. The van der Waals surface area contributed by atoms with Crippen molar-refractivity contribution in [2.75, 3.05) is 11.6 Å². The first kappa shape index (κ1) is 14.1. The molecular formula is C9H7ClF3NO2S. The van der Waals surface area contributed by atoms with Gasteiger partial charge < -0.3 is 0 Å². The van der Waals surface area contributed by atoms with Gasteiger partial charge in [0.1, 0.15) is 0 Å². The molecule has 0 saturated heterocycles. The molecule has 0 radical (unpaired) electrons. The molecule has 17 heavy (non-hydrogen) atoms. The van der Waals surface area contributed by atoms with Crippen LogP contribution >= 0.6 is 23.4 Å². The topological polar surface area (TPSA) is 43.1 Å². The van der Waals surface area contributed by atoms with E-state index in [1.807, 2.05) is 0 Å². The van der Waals surface area contributed by atoms with E-state index in [1.165, 1.54) is 0 Å². The van der Waals surface area contributed by atoms with Gasteiger partial charge in [0.25, 0.3) is 5.69 Å². The molecule has 0 aliphatic carbocycles. The van der Waals surface area contributed by atoms with E-state index >= 15 is 0 Å². The van der Waals surface area contributed by atoms with Gasteiger partial charge in [-0.1, -0.05) is 0 Å². The molecule has 0 N–H and O–H groups in total. The van der Waals surface area contributed by atoms with E-state index in [-0.39, 0.29) is 10.8 Å². The molecule has 0 aliphatic heterocycles. The van der Waals surface area contributed by atoms with E-state index in [4.69, 9.17) is 11.6 Å². The Bertz CT molecular complexity index is 425. The zero-order valence-electron chi connectivity index (χ0n) is 8.33. The van der Waals surface area contributed by atoms with Gasteiger partial charge in [0.15, 0.2) is 0 Å². The SMILES string of the molecule is O=[N+]([O-])c1cc(C(F)(F)F)ccc1SCCCl. The van der Waals surface area contributed by atoms with Crippen molar-refractivity contribution in [1.82, 2.24) is 0 Å². The minimum Gasteiger partial charge on any atom is -0.258 e. The third-order valence-electron chi connectivity index (χ3n) is 1.82. The summed E-state index contributed by atoms with van der Waals surface area (Å²) in [6.07, 6.45) is -4.58. The number of hydrogen-bond donors (Lipinski definition) is 0. The molecule has 0 unspecified atom stereocenters. The minimum absolute atomic E-state index is 0.184. The number of nitro groups is 1. The molecule has 94 valence electrons. The van der Waals surface area contributed by atoms with Crippen molar-refractivity contribution in [3.05, 3.63) is 33.9 Å². The largest absolute Gasteiger partial charge is 0.416 e. The maximum Gasteiger partial charge on any atom is 0.416 e. The minimum atomic E-state index is -4.58. The highest BCUT2D eigenvalue weighted by Crippen LogP contribution is 2.36. The Hall–Kier alpha value is -0.950. The number of halogens is 4. The van der Waals surface area contributed by atoms with Crippen LogP contribution in [0.2, 0.25) is 0 Å². The summed E-state index contributed by atoms with van der Waals surface area (Å²) in [4.78, 5) is 10.0. The summed E-state index contributed by atoms with van der Waals surface area (Å²) >= 11 is 6.47. The monoisotopic (exact) mass is 285 g/mol. The molecule has 0 fully saturated rings. The second-order valence-electron chi connectivity index (χ2n) is 2.97. The third kappa shape index (κ3) is 3.78. The molecule has 0 amide bonds. The summed E-state index contributed by atoms with van der Waals surface area (Å²) in [6, 6.07) is 2.46. The van der Waals surface area contributed by atoms with Gasteiger partial charge in [-0.2, -0.15) is 13.2 Å². The van der Waals surface area contributed by atoms with Crippen molar-refractivity contribution in [3.8, 4) is 0 Å². The molecule has 8 heteroatoms. The number of alkyl halides is 4. The maximum atomic E-state index is 12.4. The molecule has 3 nitrogen and oxygen atoms in total. The molecule has 1 aromatic rings. The van der Waals surface area contributed by atoms with Crippen LogP contribution in [0.25, 0.3) is 0 Å².